The third kappa shape index (κ3) is 4.64. The lowest BCUT2D eigenvalue weighted by molar-refractivity contribution is -0.131. The number of rotatable bonds is 5. The molecule has 1 heterocycles. The van der Waals surface area contributed by atoms with Crippen LogP contribution in [0.3, 0.4) is 0 Å². The third-order valence-electron chi connectivity index (χ3n) is 6.01. The summed E-state index contributed by atoms with van der Waals surface area (Å²) in [5, 5.41) is 3.21. The van der Waals surface area contributed by atoms with Gasteiger partial charge in [0.05, 0.1) is 6.54 Å². The van der Waals surface area contributed by atoms with E-state index in [2.05, 4.69) is 40.5 Å². The summed E-state index contributed by atoms with van der Waals surface area (Å²) in [6.07, 6.45) is 6.06. The van der Waals surface area contributed by atoms with E-state index < -0.39 is 0 Å². The van der Waals surface area contributed by atoms with Crippen LogP contribution in [0.25, 0.3) is 0 Å². The third-order valence-corrected chi connectivity index (χ3v) is 6.01. The van der Waals surface area contributed by atoms with E-state index in [1.807, 2.05) is 4.90 Å². The van der Waals surface area contributed by atoms with E-state index in [0.29, 0.717) is 6.54 Å². The lowest BCUT2D eigenvalue weighted by atomic mass is 9.69. The van der Waals surface area contributed by atoms with Crippen molar-refractivity contribution in [2.75, 3.05) is 39.3 Å². The zero-order valence-electron chi connectivity index (χ0n) is 15.9. The molecule has 142 valence electrons. The van der Waals surface area contributed by atoms with E-state index in [4.69, 9.17) is 0 Å². The van der Waals surface area contributed by atoms with E-state index in [1.165, 1.54) is 24.8 Å². The summed E-state index contributed by atoms with van der Waals surface area (Å²) >= 11 is 0. The van der Waals surface area contributed by atoms with E-state index >= 15 is 0 Å². The highest BCUT2D eigenvalue weighted by Crippen LogP contribution is 2.38. The van der Waals surface area contributed by atoms with Crippen LogP contribution in [0, 0.1) is 0 Å². The molecule has 0 aromatic heterocycles. The van der Waals surface area contributed by atoms with E-state index in [-0.39, 0.29) is 17.2 Å². The van der Waals surface area contributed by atoms with Crippen LogP contribution >= 0.6 is 0 Å². The molecule has 2 aliphatic rings. The summed E-state index contributed by atoms with van der Waals surface area (Å²) in [6.45, 7) is 5.75. The topological polar surface area (TPSA) is 52.7 Å². The number of nitrogens with one attached hydrogen (secondary N) is 1. The normalized spacial score (nSPS) is 20.6. The number of hydrogen-bond acceptors (Lipinski definition) is 3. The first-order valence-electron chi connectivity index (χ1n) is 9.89. The highest BCUT2D eigenvalue weighted by atomic mass is 16.2. The fourth-order valence-corrected chi connectivity index (χ4v) is 4.34. The summed E-state index contributed by atoms with van der Waals surface area (Å²) in [6, 6.07) is 10.7. The molecule has 1 aliphatic heterocycles. The van der Waals surface area contributed by atoms with Crippen LogP contribution in [0.15, 0.2) is 30.3 Å². The molecule has 1 aromatic carbocycles. The Balaban J connectivity index is 1.53. The maximum atomic E-state index is 12.5. The molecule has 1 N–H and O–H groups in total. The predicted octanol–water partition coefficient (Wildman–Crippen LogP) is 2.17. The van der Waals surface area contributed by atoms with Crippen molar-refractivity contribution in [3.05, 3.63) is 35.9 Å². The second-order valence-electron chi connectivity index (χ2n) is 7.77. The first-order valence-corrected chi connectivity index (χ1v) is 9.89. The Hall–Kier alpha value is -1.88. The van der Waals surface area contributed by atoms with Crippen LogP contribution in [-0.2, 0) is 15.0 Å². The van der Waals surface area contributed by atoms with Crippen molar-refractivity contribution >= 4 is 11.8 Å². The minimum atomic E-state index is 0.0858. The Morgan fingerprint density at radius 3 is 2.27 bits per heavy atom. The molecule has 1 saturated carbocycles. The van der Waals surface area contributed by atoms with Gasteiger partial charge in [-0.3, -0.25) is 14.5 Å². The molecule has 26 heavy (non-hydrogen) atoms. The quantitative estimate of drug-likeness (QED) is 0.879. The molecule has 3 rings (SSSR count). The van der Waals surface area contributed by atoms with Gasteiger partial charge in [0.25, 0.3) is 0 Å². The SMILES string of the molecule is CC(=O)N1CCN(CC(=O)NCC2(c3ccccc3)CCCCC2)CC1. The van der Waals surface area contributed by atoms with Crippen LogP contribution in [0.2, 0.25) is 0 Å². The van der Waals surface area contributed by atoms with Gasteiger partial charge in [-0.25, -0.2) is 0 Å². The fraction of sp³-hybridized carbons (Fsp3) is 0.619. The molecule has 0 bridgehead atoms. The second kappa shape index (κ2) is 8.67. The van der Waals surface area contributed by atoms with E-state index in [9.17, 15) is 9.59 Å². The van der Waals surface area contributed by atoms with Gasteiger partial charge in [0, 0.05) is 45.1 Å². The first kappa shape index (κ1) is 18.9. The predicted molar refractivity (Wildman–Crippen MR) is 103 cm³/mol. The monoisotopic (exact) mass is 357 g/mol. The molecular weight excluding hydrogens is 326 g/mol. The Morgan fingerprint density at radius 2 is 1.65 bits per heavy atom. The van der Waals surface area contributed by atoms with Crippen molar-refractivity contribution in [1.29, 1.82) is 0 Å². The molecule has 1 saturated heterocycles. The summed E-state index contributed by atoms with van der Waals surface area (Å²) in [5.74, 6) is 0.221. The maximum Gasteiger partial charge on any atom is 0.234 e. The van der Waals surface area contributed by atoms with Gasteiger partial charge in [-0.05, 0) is 18.4 Å². The van der Waals surface area contributed by atoms with Crippen molar-refractivity contribution in [3.63, 3.8) is 0 Å². The lowest BCUT2D eigenvalue weighted by Gasteiger charge is -2.38. The minimum absolute atomic E-state index is 0.0858. The first-order chi connectivity index (χ1) is 12.6. The van der Waals surface area contributed by atoms with Crippen molar-refractivity contribution in [2.45, 2.75) is 44.4 Å². The molecule has 1 aromatic rings. The molecule has 0 unspecified atom stereocenters. The van der Waals surface area contributed by atoms with E-state index in [0.717, 1.165) is 45.6 Å². The average Bonchev–Trinajstić information content (AvgIpc) is 2.68. The standard InChI is InChI=1S/C21H31N3O2/c1-18(25)24-14-12-23(13-15-24)16-20(26)22-17-21(10-6-3-7-11-21)19-8-4-2-5-9-19/h2,4-5,8-9H,3,6-7,10-17H2,1H3,(H,22,26). The highest BCUT2D eigenvalue weighted by molar-refractivity contribution is 5.78. The molecule has 1 aliphatic carbocycles. The Labute approximate surface area is 156 Å². The Morgan fingerprint density at radius 1 is 1.00 bits per heavy atom. The van der Waals surface area contributed by atoms with Gasteiger partial charge < -0.3 is 10.2 Å². The number of hydrogen-bond donors (Lipinski definition) is 1. The van der Waals surface area contributed by atoms with Gasteiger partial charge in [-0.2, -0.15) is 0 Å². The van der Waals surface area contributed by atoms with Gasteiger partial charge in [0.15, 0.2) is 0 Å². The Kier molecular flexibility index (Phi) is 6.30. The number of benzene rings is 1. The van der Waals surface area contributed by atoms with Crippen molar-refractivity contribution in [1.82, 2.24) is 15.1 Å². The Bertz CT molecular complexity index is 603. The van der Waals surface area contributed by atoms with Gasteiger partial charge >= 0.3 is 0 Å². The summed E-state index contributed by atoms with van der Waals surface area (Å²) < 4.78 is 0. The average molecular weight is 357 g/mol. The van der Waals surface area contributed by atoms with Crippen LogP contribution in [0.4, 0.5) is 0 Å². The molecule has 0 spiro atoms. The highest BCUT2D eigenvalue weighted by Gasteiger charge is 2.34. The van der Waals surface area contributed by atoms with Gasteiger partial charge in [-0.1, -0.05) is 49.6 Å². The van der Waals surface area contributed by atoms with Crippen molar-refractivity contribution in [2.24, 2.45) is 0 Å². The summed E-state index contributed by atoms with van der Waals surface area (Å²) in [7, 11) is 0. The number of nitrogens with zero attached hydrogens (tertiary/aromatic N) is 2. The number of piperazine rings is 1. The van der Waals surface area contributed by atoms with Crippen molar-refractivity contribution < 1.29 is 9.59 Å². The summed E-state index contributed by atoms with van der Waals surface area (Å²) in [4.78, 5) is 27.9. The fourth-order valence-electron chi connectivity index (χ4n) is 4.34. The zero-order valence-corrected chi connectivity index (χ0v) is 15.9. The second-order valence-corrected chi connectivity index (χ2v) is 7.77. The van der Waals surface area contributed by atoms with E-state index in [1.54, 1.807) is 6.92 Å². The molecule has 5 nitrogen and oxygen atoms in total. The molecule has 0 radical (unpaired) electrons. The van der Waals surface area contributed by atoms with Crippen LogP contribution in [-0.4, -0.2) is 60.9 Å². The number of amides is 2. The molecule has 5 heteroatoms. The largest absolute Gasteiger partial charge is 0.354 e. The van der Waals surface area contributed by atoms with Gasteiger partial charge in [0.2, 0.25) is 11.8 Å². The molecular formula is C21H31N3O2. The number of carbonyl (C=O) groups excluding carboxylic acids is 2. The van der Waals surface area contributed by atoms with Gasteiger partial charge in [-0.15, -0.1) is 0 Å². The maximum absolute atomic E-state index is 12.5. The smallest absolute Gasteiger partial charge is 0.234 e. The zero-order chi connectivity index (χ0) is 18.4. The molecule has 0 atom stereocenters. The molecule has 2 fully saturated rings. The van der Waals surface area contributed by atoms with Crippen LogP contribution in [0.5, 0.6) is 0 Å². The lowest BCUT2D eigenvalue weighted by Crippen LogP contribution is -2.51. The minimum Gasteiger partial charge on any atom is -0.354 e. The van der Waals surface area contributed by atoms with Crippen molar-refractivity contribution in [3.8, 4) is 0 Å². The van der Waals surface area contributed by atoms with Crippen LogP contribution < -0.4 is 5.32 Å². The number of carbonyl (C=O) groups is 2. The molecule has 2 amide bonds. The van der Waals surface area contributed by atoms with Gasteiger partial charge in [0.1, 0.15) is 0 Å². The van der Waals surface area contributed by atoms with Crippen LogP contribution in [0.1, 0.15) is 44.6 Å². The summed E-state index contributed by atoms with van der Waals surface area (Å²) in [5.41, 5.74) is 1.44.